The quantitative estimate of drug-likeness (QED) is 0.399. The van der Waals surface area contributed by atoms with Gasteiger partial charge in [-0.3, -0.25) is 0 Å². The molecule has 0 aromatic rings. The van der Waals surface area contributed by atoms with Gasteiger partial charge in [0.2, 0.25) is 0 Å². The Labute approximate surface area is 56.3 Å². The van der Waals surface area contributed by atoms with Gasteiger partial charge in [-0.25, -0.2) is 9.65 Å². The Morgan fingerprint density at radius 1 is 1.33 bits per heavy atom. The van der Waals surface area contributed by atoms with Crippen LogP contribution in [0.2, 0.25) is 0 Å². The third-order valence-corrected chi connectivity index (χ3v) is 1.57. The van der Waals surface area contributed by atoms with Crippen molar-refractivity contribution in [1.29, 1.82) is 0 Å². The van der Waals surface area contributed by atoms with Crippen LogP contribution in [0.15, 0.2) is 0 Å². The molecular formula is C6H15NO2. The fraction of sp³-hybridized carbons (Fsp3) is 1.00. The van der Waals surface area contributed by atoms with E-state index in [2.05, 4.69) is 4.84 Å². The van der Waals surface area contributed by atoms with Crippen molar-refractivity contribution < 1.29 is 9.65 Å². The molecule has 3 heteroatoms. The number of nitrogens with zero attached hydrogens (tertiary/aromatic N) is 1. The van der Waals surface area contributed by atoms with Gasteiger partial charge in [0.25, 0.3) is 0 Å². The molecule has 0 saturated heterocycles. The van der Waals surface area contributed by atoms with Crippen molar-refractivity contribution in [2.75, 3.05) is 14.2 Å². The van der Waals surface area contributed by atoms with Crippen molar-refractivity contribution in [2.45, 2.75) is 26.3 Å². The molecule has 3 nitrogen and oxygen atoms in total. The van der Waals surface area contributed by atoms with E-state index in [1.807, 2.05) is 20.8 Å². The lowest BCUT2D eigenvalue weighted by Crippen LogP contribution is -2.51. The summed E-state index contributed by atoms with van der Waals surface area (Å²) in [7, 11) is 2.90. The summed E-state index contributed by atoms with van der Waals surface area (Å²) in [6.45, 7) is 5.51. The summed E-state index contributed by atoms with van der Waals surface area (Å²) in [4.78, 5) is 4.02. The number of quaternary nitrogens is 1. The smallest absolute Gasteiger partial charge is 0.120 e. The average molecular weight is 133 g/mol. The summed E-state index contributed by atoms with van der Waals surface area (Å²) in [5.74, 6) is 0. The van der Waals surface area contributed by atoms with E-state index >= 15 is 0 Å². The predicted octanol–water partition coefficient (Wildman–Crippen LogP) is 1.29. The van der Waals surface area contributed by atoms with Gasteiger partial charge in [0, 0.05) is 0 Å². The van der Waals surface area contributed by atoms with E-state index in [-0.39, 0.29) is 0 Å². The van der Waals surface area contributed by atoms with E-state index in [0.717, 1.165) is 0 Å². The highest BCUT2D eigenvalue weighted by Gasteiger charge is 2.28. The summed E-state index contributed by atoms with van der Waals surface area (Å²) in [5, 5.41) is 11.2. The lowest BCUT2D eigenvalue weighted by Gasteiger charge is -2.44. The normalized spacial score (nSPS) is 19.3. The van der Waals surface area contributed by atoms with Crippen LogP contribution in [-0.2, 0) is 4.84 Å². The number of hydroxylamine groups is 4. The van der Waals surface area contributed by atoms with Gasteiger partial charge >= 0.3 is 0 Å². The van der Waals surface area contributed by atoms with Gasteiger partial charge in [0.15, 0.2) is 0 Å². The maximum Gasteiger partial charge on any atom is 0.120 e. The van der Waals surface area contributed by atoms with E-state index in [9.17, 15) is 5.21 Å². The molecular weight excluding hydrogens is 118 g/mol. The van der Waals surface area contributed by atoms with Gasteiger partial charge in [-0.1, -0.05) is 0 Å². The molecule has 9 heavy (non-hydrogen) atoms. The highest BCUT2D eigenvalue weighted by molar-refractivity contribution is 4.57. The Balaban J connectivity index is 4.14. The van der Waals surface area contributed by atoms with Crippen LogP contribution >= 0.6 is 0 Å². The second kappa shape index (κ2) is 2.25. The van der Waals surface area contributed by atoms with Crippen molar-refractivity contribution >= 4 is 0 Å². The molecule has 0 aliphatic rings. The first-order valence-corrected chi connectivity index (χ1v) is 2.94. The van der Waals surface area contributed by atoms with Crippen LogP contribution in [0.4, 0.5) is 0 Å². The monoisotopic (exact) mass is 133 g/mol. The number of rotatable bonds is 1. The van der Waals surface area contributed by atoms with Crippen molar-refractivity contribution in [1.82, 2.24) is 0 Å². The topological polar surface area (TPSA) is 32.3 Å². The molecule has 0 amide bonds. The predicted molar refractivity (Wildman–Crippen MR) is 36.3 cm³/mol. The Hall–Kier alpha value is -0.120. The zero-order valence-electron chi connectivity index (χ0n) is 6.76. The minimum Gasteiger partial charge on any atom is -0.598 e. The maximum absolute atomic E-state index is 11.2. The minimum absolute atomic E-state index is 0.394. The van der Waals surface area contributed by atoms with Crippen LogP contribution < -0.4 is 0 Å². The summed E-state index contributed by atoms with van der Waals surface area (Å²) < 4.78 is 0. The second-order valence-electron chi connectivity index (χ2n) is 3.20. The van der Waals surface area contributed by atoms with Crippen LogP contribution in [0.5, 0.6) is 0 Å². The average Bonchev–Trinajstić information content (AvgIpc) is 1.64. The van der Waals surface area contributed by atoms with Gasteiger partial charge in [0.1, 0.15) is 5.54 Å². The van der Waals surface area contributed by atoms with Crippen LogP contribution in [0.1, 0.15) is 20.8 Å². The van der Waals surface area contributed by atoms with Gasteiger partial charge in [-0.05, 0) is 20.8 Å². The summed E-state index contributed by atoms with van der Waals surface area (Å²) >= 11 is 0. The first-order valence-electron chi connectivity index (χ1n) is 2.94. The van der Waals surface area contributed by atoms with Gasteiger partial charge < -0.3 is 5.21 Å². The van der Waals surface area contributed by atoms with E-state index in [0.29, 0.717) is 0 Å². The zero-order valence-corrected chi connectivity index (χ0v) is 6.76. The number of hydrogen-bond acceptors (Lipinski definition) is 2. The molecule has 0 N–H and O–H groups in total. The van der Waals surface area contributed by atoms with Crippen molar-refractivity contribution in [3.8, 4) is 0 Å². The molecule has 0 aliphatic heterocycles. The van der Waals surface area contributed by atoms with Crippen LogP contribution in [-0.4, -0.2) is 24.5 Å². The van der Waals surface area contributed by atoms with Crippen molar-refractivity contribution in [3.63, 3.8) is 0 Å². The fourth-order valence-corrected chi connectivity index (χ4v) is 0.274. The Morgan fingerprint density at radius 2 is 1.67 bits per heavy atom. The molecule has 1 unspecified atom stereocenters. The molecule has 0 saturated carbocycles. The van der Waals surface area contributed by atoms with E-state index in [1.54, 1.807) is 0 Å². The fourth-order valence-electron chi connectivity index (χ4n) is 0.274. The van der Waals surface area contributed by atoms with E-state index in [1.165, 1.54) is 14.2 Å². The third kappa shape index (κ3) is 1.93. The van der Waals surface area contributed by atoms with Gasteiger partial charge in [-0.2, -0.15) is 0 Å². The molecule has 56 valence electrons. The molecule has 0 fully saturated rings. The summed E-state index contributed by atoms with van der Waals surface area (Å²) in [6, 6.07) is 0. The molecule has 0 rings (SSSR count). The lowest BCUT2D eigenvalue weighted by molar-refractivity contribution is -1.08. The van der Waals surface area contributed by atoms with E-state index in [4.69, 9.17) is 0 Å². The SMILES string of the molecule is CO[N+](C)([O-])C(C)(C)C. The highest BCUT2D eigenvalue weighted by atomic mass is 16.9. The van der Waals surface area contributed by atoms with Crippen molar-refractivity contribution in [3.05, 3.63) is 5.21 Å². The Morgan fingerprint density at radius 3 is 1.67 bits per heavy atom. The molecule has 0 radical (unpaired) electrons. The molecule has 1 atom stereocenters. The van der Waals surface area contributed by atoms with Crippen LogP contribution in [0.3, 0.4) is 0 Å². The number of hydrogen-bond donors (Lipinski definition) is 0. The molecule has 0 heterocycles. The molecule has 0 spiro atoms. The Bertz CT molecular complexity index is 93.7. The van der Waals surface area contributed by atoms with E-state index < -0.39 is 10.3 Å². The van der Waals surface area contributed by atoms with Crippen molar-refractivity contribution in [2.24, 2.45) is 0 Å². The lowest BCUT2D eigenvalue weighted by atomic mass is 10.1. The minimum atomic E-state index is -0.660. The largest absolute Gasteiger partial charge is 0.598 e. The second-order valence-corrected chi connectivity index (χ2v) is 3.20. The third-order valence-electron chi connectivity index (χ3n) is 1.57. The zero-order chi connectivity index (χ0) is 7.71. The first-order chi connectivity index (χ1) is 3.81. The highest BCUT2D eigenvalue weighted by Crippen LogP contribution is 2.19. The molecule has 0 bridgehead atoms. The summed E-state index contributed by atoms with van der Waals surface area (Å²) in [6.07, 6.45) is 0. The van der Waals surface area contributed by atoms with Crippen LogP contribution in [0.25, 0.3) is 0 Å². The summed E-state index contributed by atoms with van der Waals surface area (Å²) in [5.41, 5.74) is -0.394. The Kier molecular flexibility index (Phi) is 2.22. The standard InChI is InChI=1S/C6H15NO2/c1-6(2,3)7(4,8)9-5/h1-5H3. The first kappa shape index (κ1) is 8.88. The van der Waals surface area contributed by atoms with Crippen LogP contribution in [0, 0.1) is 5.21 Å². The molecule has 0 aromatic heterocycles. The molecule has 0 aromatic carbocycles. The molecule has 0 aliphatic carbocycles. The maximum atomic E-state index is 11.2. The van der Waals surface area contributed by atoms with Gasteiger partial charge in [-0.15, -0.1) is 0 Å². The van der Waals surface area contributed by atoms with Gasteiger partial charge in [0.05, 0.1) is 14.2 Å².